The van der Waals surface area contributed by atoms with E-state index in [2.05, 4.69) is 0 Å². The van der Waals surface area contributed by atoms with Gasteiger partial charge in [0, 0.05) is 6.04 Å². The molecule has 0 aliphatic rings. The van der Waals surface area contributed by atoms with Gasteiger partial charge in [-0.05, 0) is 28.6 Å². The van der Waals surface area contributed by atoms with Crippen LogP contribution in [0.25, 0.3) is 0 Å². The molecule has 0 aliphatic heterocycles. The molecule has 0 unspecified atom stereocenters. The van der Waals surface area contributed by atoms with Gasteiger partial charge in [-0.25, -0.2) is 0 Å². The third-order valence-electron chi connectivity index (χ3n) is 0.806. The largest absolute Gasteiger partial charge is 0.282 e. The van der Waals surface area contributed by atoms with Crippen molar-refractivity contribution in [1.82, 2.24) is 0 Å². The van der Waals surface area contributed by atoms with Crippen LogP contribution in [0.4, 0.5) is 5.69 Å². The van der Waals surface area contributed by atoms with E-state index in [0.717, 1.165) is 0 Å². The van der Waals surface area contributed by atoms with Gasteiger partial charge >= 0.3 is 0 Å². The zero-order chi connectivity index (χ0) is 11.0. The summed E-state index contributed by atoms with van der Waals surface area (Å²) in [6.07, 6.45) is 0. The van der Waals surface area contributed by atoms with E-state index in [1.165, 1.54) is 22.6 Å². The number of nitro benzene ring substituents is 1. The standard InChI is InChI=1S/C6H4INO2/c7-5-3-1-2-4-6(5)8(9)10/h1-4H/i1D,2D,3D,4D. The molecule has 4 heteroatoms. The number of nitro groups is 1. The molecule has 0 amide bonds. The second-order valence-corrected chi connectivity index (χ2v) is 2.50. The van der Waals surface area contributed by atoms with Gasteiger partial charge in [0.2, 0.25) is 0 Å². The van der Waals surface area contributed by atoms with Crippen LogP contribution in [0.1, 0.15) is 5.48 Å². The minimum atomic E-state index is -0.806. The molecular weight excluding hydrogens is 245 g/mol. The number of benzene rings is 1. The summed E-state index contributed by atoms with van der Waals surface area (Å²) in [6, 6.07) is -2.02. The Bertz CT molecular complexity index is 394. The third-order valence-corrected chi connectivity index (χ3v) is 1.59. The predicted molar refractivity (Wildman–Crippen MR) is 45.8 cm³/mol. The molecule has 0 saturated carbocycles. The van der Waals surface area contributed by atoms with E-state index in [1.807, 2.05) is 0 Å². The zero-order valence-corrected chi connectivity index (χ0v) is 6.80. The summed E-state index contributed by atoms with van der Waals surface area (Å²) in [6.45, 7) is 0. The molecule has 0 aromatic heterocycles. The first-order valence-electron chi connectivity index (χ1n) is 4.28. The molecule has 3 nitrogen and oxygen atoms in total. The van der Waals surface area contributed by atoms with E-state index in [-0.39, 0.29) is 9.61 Å². The fraction of sp³-hybridized carbons (Fsp3) is 0. The van der Waals surface area contributed by atoms with Crippen LogP contribution in [0.3, 0.4) is 0 Å². The normalized spacial score (nSPS) is 14.9. The van der Waals surface area contributed by atoms with Crippen LogP contribution in [-0.4, -0.2) is 4.92 Å². The topological polar surface area (TPSA) is 43.1 Å². The maximum atomic E-state index is 10.5. The molecule has 0 bridgehead atoms. The summed E-state index contributed by atoms with van der Waals surface area (Å²) in [4.78, 5) is 9.71. The highest BCUT2D eigenvalue weighted by Gasteiger charge is 2.07. The van der Waals surface area contributed by atoms with Crippen molar-refractivity contribution >= 4 is 28.3 Å². The summed E-state index contributed by atoms with van der Waals surface area (Å²) < 4.78 is 29.0. The molecule has 0 fully saturated rings. The second-order valence-electron chi connectivity index (χ2n) is 1.42. The Balaban J connectivity index is 3.68. The number of halogens is 1. The maximum Gasteiger partial charge on any atom is 0.282 e. The maximum absolute atomic E-state index is 10.5. The van der Waals surface area contributed by atoms with Crippen molar-refractivity contribution in [1.29, 1.82) is 0 Å². The number of hydrogen-bond donors (Lipinski definition) is 0. The Kier molecular flexibility index (Phi) is 1.08. The third kappa shape index (κ3) is 1.44. The van der Waals surface area contributed by atoms with Crippen molar-refractivity contribution in [2.75, 3.05) is 0 Å². The number of rotatable bonds is 1. The van der Waals surface area contributed by atoms with E-state index in [9.17, 15) is 10.1 Å². The fourth-order valence-electron chi connectivity index (χ4n) is 0.416. The quantitative estimate of drug-likeness (QED) is 0.437. The first-order valence-corrected chi connectivity index (χ1v) is 3.36. The lowest BCUT2D eigenvalue weighted by atomic mass is 10.3. The van der Waals surface area contributed by atoms with Crippen LogP contribution in [-0.2, 0) is 0 Å². The van der Waals surface area contributed by atoms with Crippen molar-refractivity contribution in [2.45, 2.75) is 0 Å². The average molecular weight is 253 g/mol. The molecule has 52 valence electrons. The molecule has 1 rings (SSSR count). The van der Waals surface area contributed by atoms with Gasteiger partial charge in [-0.1, -0.05) is 12.1 Å². The molecule has 1 aromatic rings. The van der Waals surface area contributed by atoms with Gasteiger partial charge in [0.25, 0.3) is 5.69 Å². The number of hydrogen-bond acceptors (Lipinski definition) is 2. The predicted octanol–water partition coefficient (Wildman–Crippen LogP) is 2.20. The SMILES string of the molecule is [2H]c1c([2H])c([2H])c([N+](=O)[O-])c(I)c1[2H]. The van der Waals surface area contributed by atoms with E-state index < -0.39 is 28.7 Å². The van der Waals surface area contributed by atoms with Crippen LogP contribution in [0.15, 0.2) is 24.2 Å². The monoisotopic (exact) mass is 253 g/mol. The average Bonchev–Trinajstić information content (AvgIpc) is 2.11. The van der Waals surface area contributed by atoms with E-state index in [0.29, 0.717) is 0 Å². The number of para-hydroxylation sites is 1. The Morgan fingerprint density at radius 1 is 1.60 bits per heavy atom. The van der Waals surface area contributed by atoms with Gasteiger partial charge in [-0.15, -0.1) is 0 Å². The highest BCUT2D eigenvalue weighted by molar-refractivity contribution is 14.1. The summed E-state index contributed by atoms with van der Waals surface area (Å²) in [5.41, 5.74) is -0.573. The molecule has 10 heavy (non-hydrogen) atoms. The van der Waals surface area contributed by atoms with Crippen LogP contribution >= 0.6 is 22.6 Å². The lowest BCUT2D eigenvalue weighted by Gasteiger charge is -1.91. The summed E-state index contributed by atoms with van der Waals surface area (Å²) in [5.74, 6) is 0. The van der Waals surface area contributed by atoms with Crippen LogP contribution in [0, 0.1) is 13.7 Å². The van der Waals surface area contributed by atoms with Crippen molar-refractivity contribution in [3.05, 3.63) is 37.9 Å². The molecular formula is C6H4INO2. The highest BCUT2D eigenvalue weighted by Crippen LogP contribution is 2.18. The van der Waals surface area contributed by atoms with Crippen molar-refractivity contribution in [3.63, 3.8) is 0 Å². The Morgan fingerprint density at radius 2 is 2.20 bits per heavy atom. The van der Waals surface area contributed by atoms with Crippen molar-refractivity contribution < 1.29 is 10.4 Å². The van der Waals surface area contributed by atoms with Crippen LogP contribution in [0.5, 0.6) is 0 Å². The van der Waals surface area contributed by atoms with Gasteiger partial charge in [0.05, 0.1) is 14.0 Å². The Labute approximate surface area is 77.0 Å². The zero-order valence-electron chi connectivity index (χ0n) is 8.64. The number of nitrogens with zero attached hydrogens (tertiary/aromatic N) is 1. The minimum Gasteiger partial charge on any atom is -0.258 e. The first kappa shape index (κ1) is 3.66. The molecule has 0 spiro atoms. The molecule has 1 aromatic carbocycles. The lowest BCUT2D eigenvalue weighted by molar-refractivity contribution is -0.385. The lowest BCUT2D eigenvalue weighted by Crippen LogP contribution is -1.89. The summed E-state index contributed by atoms with van der Waals surface area (Å²) in [7, 11) is 0. The van der Waals surface area contributed by atoms with E-state index in [1.54, 1.807) is 0 Å². The van der Waals surface area contributed by atoms with E-state index >= 15 is 0 Å². The Hall–Kier alpha value is -0.650. The second kappa shape index (κ2) is 2.96. The molecule has 0 radical (unpaired) electrons. The molecule has 0 atom stereocenters. The van der Waals surface area contributed by atoms with Gasteiger partial charge < -0.3 is 0 Å². The summed E-state index contributed by atoms with van der Waals surface area (Å²) >= 11 is 1.54. The summed E-state index contributed by atoms with van der Waals surface area (Å²) in [5, 5.41) is 10.5. The van der Waals surface area contributed by atoms with Gasteiger partial charge in [0.1, 0.15) is 0 Å². The molecule has 0 heterocycles. The van der Waals surface area contributed by atoms with E-state index in [4.69, 9.17) is 5.48 Å². The van der Waals surface area contributed by atoms with Crippen molar-refractivity contribution in [3.8, 4) is 0 Å². The molecule has 0 aliphatic carbocycles. The first-order chi connectivity index (χ1) is 6.37. The van der Waals surface area contributed by atoms with Crippen LogP contribution < -0.4 is 0 Å². The van der Waals surface area contributed by atoms with Gasteiger partial charge in [-0.3, -0.25) is 10.1 Å². The van der Waals surface area contributed by atoms with Gasteiger partial charge in [0.15, 0.2) is 0 Å². The minimum absolute atomic E-state index is 0.0707. The Morgan fingerprint density at radius 3 is 2.80 bits per heavy atom. The van der Waals surface area contributed by atoms with Gasteiger partial charge in [-0.2, -0.15) is 0 Å². The molecule has 0 N–H and O–H groups in total. The highest BCUT2D eigenvalue weighted by atomic mass is 127. The smallest absolute Gasteiger partial charge is 0.258 e. The molecule has 0 saturated heterocycles. The van der Waals surface area contributed by atoms with Crippen LogP contribution in [0.2, 0.25) is 0 Å². The fourth-order valence-corrected chi connectivity index (χ4v) is 0.883. The van der Waals surface area contributed by atoms with Crippen molar-refractivity contribution in [2.24, 2.45) is 0 Å².